The fraction of sp³-hybridized carbons (Fsp3) is 0.462. The summed E-state index contributed by atoms with van der Waals surface area (Å²) >= 11 is 0. The van der Waals surface area contributed by atoms with Crippen molar-refractivity contribution in [1.82, 2.24) is 5.32 Å². The molecule has 0 aliphatic rings. The van der Waals surface area contributed by atoms with Crippen molar-refractivity contribution in [2.24, 2.45) is 5.73 Å². The summed E-state index contributed by atoms with van der Waals surface area (Å²) in [6.45, 7) is 4.90. The number of benzene rings is 1. The van der Waals surface area contributed by atoms with Crippen LogP contribution in [0.3, 0.4) is 0 Å². The van der Waals surface area contributed by atoms with Crippen LogP contribution in [-0.4, -0.2) is 18.6 Å². The quantitative estimate of drug-likeness (QED) is 0.831. The van der Waals surface area contributed by atoms with Crippen molar-refractivity contribution in [3.8, 4) is 5.75 Å². The van der Waals surface area contributed by atoms with Gasteiger partial charge in [0.1, 0.15) is 5.75 Å². The molecule has 18 heavy (non-hydrogen) atoms. The predicted molar refractivity (Wildman–Crippen MR) is 75.0 cm³/mol. The van der Waals surface area contributed by atoms with Gasteiger partial charge in [0.15, 0.2) is 0 Å². The van der Waals surface area contributed by atoms with Crippen LogP contribution in [0.5, 0.6) is 5.75 Å². The minimum Gasteiger partial charge on any atom is -0.494 e. The van der Waals surface area contributed by atoms with E-state index < -0.39 is 0 Å². The van der Waals surface area contributed by atoms with Crippen LogP contribution in [0, 0.1) is 0 Å². The lowest BCUT2D eigenvalue weighted by Crippen LogP contribution is -2.29. The van der Waals surface area contributed by atoms with Crippen molar-refractivity contribution < 1.29 is 9.53 Å². The van der Waals surface area contributed by atoms with Crippen LogP contribution in [0.25, 0.3) is 0 Å². The summed E-state index contributed by atoms with van der Waals surface area (Å²) in [6, 6.07) is 7.59. The number of ether oxygens (including phenoxy) is 1. The van der Waals surface area contributed by atoms with Gasteiger partial charge >= 0.3 is 0 Å². The van der Waals surface area contributed by atoms with Crippen molar-refractivity contribution in [3.05, 3.63) is 29.8 Å². The van der Waals surface area contributed by atoms with E-state index in [0.29, 0.717) is 19.6 Å². The van der Waals surface area contributed by atoms with Crippen molar-refractivity contribution in [2.45, 2.75) is 32.9 Å². The maximum Gasteiger partial charge on any atom is 0.221 e. The Hall–Kier alpha value is -1.26. The van der Waals surface area contributed by atoms with E-state index in [1.165, 1.54) is 0 Å². The number of carbonyl (C=O) groups is 1. The number of carbonyl (C=O) groups excluding carboxylic acids is 1. The molecule has 1 aromatic carbocycles. The molecule has 0 saturated heterocycles. The third-order valence-corrected chi connectivity index (χ3v) is 2.21. The average molecular weight is 273 g/mol. The molecule has 5 heteroatoms. The van der Waals surface area contributed by atoms with Crippen LogP contribution < -0.4 is 15.8 Å². The minimum atomic E-state index is -0.107. The number of rotatable bonds is 6. The molecule has 1 atom stereocenters. The fourth-order valence-electron chi connectivity index (χ4n) is 1.48. The van der Waals surface area contributed by atoms with Crippen molar-refractivity contribution in [1.29, 1.82) is 0 Å². The molecule has 0 aliphatic carbocycles. The third kappa shape index (κ3) is 6.47. The van der Waals surface area contributed by atoms with Gasteiger partial charge in [0, 0.05) is 19.0 Å². The Morgan fingerprint density at radius 3 is 2.83 bits per heavy atom. The Labute approximate surface area is 114 Å². The molecule has 4 nitrogen and oxygen atoms in total. The topological polar surface area (TPSA) is 64.3 Å². The van der Waals surface area contributed by atoms with Gasteiger partial charge in [-0.1, -0.05) is 12.1 Å². The molecule has 3 N–H and O–H groups in total. The van der Waals surface area contributed by atoms with Crippen molar-refractivity contribution >= 4 is 18.3 Å². The summed E-state index contributed by atoms with van der Waals surface area (Å²) in [7, 11) is 0. The van der Waals surface area contributed by atoms with Gasteiger partial charge in [-0.25, -0.2) is 0 Å². The van der Waals surface area contributed by atoms with E-state index in [-0.39, 0.29) is 24.4 Å². The number of amides is 1. The molecule has 0 aliphatic heterocycles. The van der Waals surface area contributed by atoms with E-state index in [1.54, 1.807) is 0 Å². The molecule has 1 amide bonds. The first-order valence-corrected chi connectivity index (χ1v) is 5.85. The van der Waals surface area contributed by atoms with E-state index in [2.05, 4.69) is 5.32 Å². The normalized spacial score (nSPS) is 11.3. The summed E-state index contributed by atoms with van der Waals surface area (Å²) in [6.07, 6.45) is 0.352. The number of hydrogen-bond acceptors (Lipinski definition) is 3. The zero-order valence-corrected chi connectivity index (χ0v) is 11.6. The van der Waals surface area contributed by atoms with E-state index in [0.717, 1.165) is 11.3 Å². The summed E-state index contributed by atoms with van der Waals surface area (Å²) in [4.78, 5) is 11.4. The van der Waals surface area contributed by atoms with Gasteiger partial charge in [-0.2, -0.15) is 0 Å². The average Bonchev–Trinajstić information content (AvgIpc) is 2.26. The third-order valence-electron chi connectivity index (χ3n) is 2.21. The second-order valence-electron chi connectivity index (χ2n) is 4.04. The zero-order chi connectivity index (χ0) is 12.7. The molecule has 0 fully saturated rings. The Morgan fingerprint density at radius 1 is 1.50 bits per heavy atom. The van der Waals surface area contributed by atoms with E-state index in [4.69, 9.17) is 10.5 Å². The summed E-state index contributed by atoms with van der Waals surface area (Å²) in [5.41, 5.74) is 6.57. The fourth-order valence-corrected chi connectivity index (χ4v) is 1.48. The molecule has 0 spiro atoms. The number of nitrogens with one attached hydrogen (secondary N) is 1. The highest BCUT2D eigenvalue weighted by Crippen LogP contribution is 2.12. The van der Waals surface area contributed by atoms with E-state index in [1.807, 2.05) is 38.1 Å². The van der Waals surface area contributed by atoms with Crippen LogP contribution in [0.1, 0.15) is 25.8 Å². The number of hydrogen-bond donors (Lipinski definition) is 2. The van der Waals surface area contributed by atoms with Gasteiger partial charge in [-0.15, -0.1) is 12.4 Å². The monoisotopic (exact) mass is 272 g/mol. The highest BCUT2D eigenvalue weighted by molar-refractivity contribution is 5.85. The molecule has 0 radical (unpaired) electrons. The van der Waals surface area contributed by atoms with E-state index in [9.17, 15) is 4.79 Å². The first kappa shape index (κ1) is 16.7. The number of nitrogens with two attached hydrogens (primary N) is 1. The molecule has 0 bridgehead atoms. The van der Waals surface area contributed by atoms with Gasteiger partial charge < -0.3 is 15.8 Å². The first-order chi connectivity index (χ1) is 8.11. The Kier molecular flexibility index (Phi) is 8.16. The van der Waals surface area contributed by atoms with Crippen LogP contribution >= 0.6 is 12.4 Å². The largest absolute Gasteiger partial charge is 0.494 e. The van der Waals surface area contributed by atoms with Crippen LogP contribution in [0.15, 0.2) is 24.3 Å². The minimum absolute atomic E-state index is 0. The molecule has 0 saturated carbocycles. The highest BCUT2D eigenvalue weighted by Gasteiger charge is 2.04. The maximum atomic E-state index is 11.4. The summed E-state index contributed by atoms with van der Waals surface area (Å²) < 4.78 is 5.39. The molecule has 1 aromatic rings. The van der Waals surface area contributed by atoms with Gasteiger partial charge in [0.05, 0.1) is 6.61 Å². The summed E-state index contributed by atoms with van der Waals surface area (Å²) in [5, 5.41) is 2.83. The van der Waals surface area contributed by atoms with Crippen LogP contribution in [0.4, 0.5) is 0 Å². The Bertz CT molecular complexity index is 370. The lowest BCUT2D eigenvalue weighted by atomic mass is 10.2. The van der Waals surface area contributed by atoms with Gasteiger partial charge in [-0.3, -0.25) is 4.79 Å². The standard InChI is InChI=1S/C13H20N2O2.ClH/c1-3-17-12-6-4-5-11(8-12)9-15-13(16)7-10(2)14;/h4-6,8,10H,3,7,9,14H2,1-2H3,(H,15,16);1H. The van der Waals surface area contributed by atoms with Gasteiger partial charge in [0.25, 0.3) is 0 Å². The smallest absolute Gasteiger partial charge is 0.221 e. The second kappa shape index (κ2) is 8.78. The Balaban J connectivity index is 0.00000289. The predicted octanol–water partition coefficient (Wildman–Crippen LogP) is 1.86. The lowest BCUT2D eigenvalue weighted by molar-refractivity contribution is -0.121. The first-order valence-electron chi connectivity index (χ1n) is 5.85. The molecule has 0 aromatic heterocycles. The maximum absolute atomic E-state index is 11.4. The zero-order valence-electron chi connectivity index (χ0n) is 10.8. The molecular formula is C13H21ClN2O2. The lowest BCUT2D eigenvalue weighted by Gasteiger charge is -2.09. The van der Waals surface area contributed by atoms with Gasteiger partial charge in [0.2, 0.25) is 5.91 Å². The molecule has 1 unspecified atom stereocenters. The van der Waals surface area contributed by atoms with Gasteiger partial charge in [-0.05, 0) is 31.5 Å². The van der Waals surface area contributed by atoms with Crippen LogP contribution in [0.2, 0.25) is 0 Å². The second-order valence-corrected chi connectivity index (χ2v) is 4.04. The Morgan fingerprint density at radius 2 is 2.22 bits per heavy atom. The molecule has 102 valence electrons. The number of halogens is 1. The molecule has 0 heterocycles. The van der Waals surface area contributed by atoms with E-state index >= 15 is 0 Å². The van der Waals surface area contributed by atoms with Crippen molar-refractivity contribution in [3.63, 3.8) is 0 Å². The summed E-state index contributed by atoms with van der Waals surface area (Å²) in [5.74, 6) is 0.799. The van der Waals surface area contributed by atoms with Crippen molar-refractivity contribution in [2.75, 3.05) is 6.61 Å². The van der Waals surface area contributed by atoms with Crippen LogP contribution in [-0.2, 0) is 11.3 Å². The molecular weight excluding hydrogens is 252 g/mol. The highest BCUT2D eigenvalue weighted by atomic mass is 35.5. The molecule has 1 rings (SSSR count). The SMILES string of the molecule is CCOc1cccc(CNC(=O)CC(C)N)c1.Cl.